The number of halogens is 1. The molecular formula is C13H21ClN2. The van der Waals surface area contributed by atoms with Crippen LogP contribution in [0, 0.1) is 0 Å². The number of hydrogen-bond acceptors (Lipinski definition) is 2. The Kier molecular flexibility index (Phi) is 5.81. The predicted octanol–water partition coefficient (Wildman–Crippen LogP) is 2.94. The molecule has 0 heterocycles. The number of nitrogens with one attached hydrogen (secondary N) is 1. The van der Waals surface area contributed by atoms with Gasteiger partial charge >= 0.3 is 0 Å². The Balaban J connectivity index is 2.64. The maximum atomic E-state index is 5.89. The van der Waals surface area contributed by atoms with Gasteiger partial charge in [-0.1, -0.05) is 30.7 Å². The summed E-state index contributed by atoms with van der Waals surface area (Å²) in [6.45, 7) is 4.21. The van der Waals surface area contributed by atoms with Crippen LogP contribution in [-0.2, 0) is 0 Å². The van der Waals surface area contributed by atoms with Gasteiger partial charge in [0, 0.05) is 11.1 Å². The molecule has 0 aliphatic carbocycles. The lowest BCUT2D eigenvalue weighted by molar-refractivity contribution is 0.363. The molecule has 0 saturated carbocycles. The van der Waals surface area contributed by atoms with E-state index < -0.39 is 0 Å². The Morgan fingerprint density at radius 2 is 1.88 bits per heavy atom. The van der Waals surface area contributed by atoms with Crippen LogP contribution < -0.4 is 5.32 Å². The molecule has 0 aliphatic heterocycles. The van der Waals surface area contributed by atoms with Gasteiger partial charge in [0.05, 0.1) is 0 Å². The molecule has 1 unspecified atom stereocenters. The van der Waals surface area contributed by atoms with Crippen LogP contribution >= 0.6 is 11.6 Å². The summed E-state index contributed by atoms with van der Waals surface area (Å²) in [7, 11) is 4.20. The minimum atomic E-state index is 0.421. The number of nitrogens with zero attached hydrogens (tertiary/aromatic N) is 1. The topological polar surface area (TPSA) is 15.3 Å². The van der Waals surface area contributed by atoms with E-state index in [-0.39, 0.29) is 0 Å². The summed E-state index contributed by atoms with van der Waals surface area (Å²) in [6.07, 6.45) is 1.11. The van der Waals surface area contributed by atoms with E-state index in [0.717, 1.165) is 24.5 Å². The third-order valence-corrected chi connectivity index (χ3v) is 2.84. The van der Waals surface area contributed by atoms with Crippen LogP contribution in [-0.4, -0.2) is 32.1 Å². The summed E-state index contributed by atoms with van der Waals surface area (Å²) in [6, 6.07) is 8.54. The first-order valence-corrected chi connectivity index (χ1v) is 6.15. The summed E-state index contributed by atoms with van der Waals surface area (Å²) in [5, 5.41) is 4.30. The monoisotopic (exact) mass is 240 g/mol. The van der Waals surface area contributed by atoms with Gasteiger partial charge in [-0.05, 0) is 51.3 Å². The second-order valence-corrected chi connectivity index (χ2v) is 4.69. The van der Waals surface area contributed by atoms with Gasteiger partial charge < -0.3 is 10.2 Å². The van der Waals surface area contributed by atoms with E-state index in [1.54, 1.807) is 0 Å². The summed E-state index contributed by atoms with van der Waals surface area (Å²) in [5.74, 6) is 0. The zero-order chi connectivity index (χ0) is 12.0. The number of benzene rings is 1. The molecule has 0 aliphatic rings. The first kappa shape index (κ1) is 13.5. The third-order valence-electron chi connectivity index (χ3n) is 2.59. The van der Waals surface area contributed by atoms with E-state index in [4.69, 9.17) is 11.6 Å². The summed E-state index contributed by atoms with van der Waals surface area (Å²) in [5.41, 5.74) is 1.31. The van der Waals surface area contributed by atoms with Crippen molar-refractivity contribution < 1.29 is 0 Å². The number of rotatable bonds is 6. The molecular weight excluding hydrogens is 220 g/mol. The molecule has 1 aromatic rings. The maximum absolute atomic E-state index is 5.89. The Morgan fingerprint density at radius 1 is 1.25 bits per heavy atom. The lowest BCUT2D eigenvalue weighted by Crippen LogP contribution is -2.25. The van der Waals surface area contributed by atoms with Crippen molar-refractivity contribution >= 4 is 11.6 Å². The quantitative estimate of drug-likeness (QED) is 0.823. The van der Waals surface area contributed by atoms with E-state index in [0.29, 0.717) is 6.04 Å². The average Bonchev–Trinajstić information content (AvgIpc) is 2.25. The van der Waals surface area contributed by atoms with Crippen molar-refractivity contribution in [3.8, 4) is 0 Å². The van der Waals surface area contributed by atoms with Crippen molar-refractivity contribution in [1.82, 2.24) is 10.2 Å². The molecule has 0 aromatic heterocycles. The predicted molar refractivity (Wildman–Crippen MR) is 71.0 cm³/mol. The van der Waals surface area contributed by atoms with Crippen molar-refractivity contribution in [2.75, 3.05) is 27.2 Å². The smallest absolute Gasteiger partial charge is 0.0406 e. The van der Waals surface area contributed by atoms with Gasteiger partial charge in [-0.3, -0.25) is 0 Å². The molecule has 0 amide bonds. The van der Waals surface area contributed by atoms with E-state index in [1.807, 2.05) is 12.1 Å². The van der Waals surface area contributed by atoms with Gasteiger partial charge in [-0.15, -0.1) is 0 Å². The molecule has 1 atom stereocenters. The first-order valence-electron chi connectivity index (χ1n) is 5.77. The van der Waals surface area contributed by atoms with Gasteiger partial charge in [-0.25, -0.2) is 0 Å². The molecule has 90 valence electrons. The van der Waals surface area contributed by atoms with E-state index >= 15 is 0 Å². The number of hydrogen-bond donors (Lipinski definition) is 1. The minimum Gasteiger partial charge on any atom is -0.310 e. The van der Waals surface area contributed by atoms with Crippen LogP contribution in [0.15, 0.2) is 24.3 Å². The molecule has 16 heavy (non-hydrogen) atoms. The fraction of sp³-hybridized carbons (Fsp3) is 0.538. The van der Waals surface area contributed by atoms with Crippen molar-refractivity contribution in [3.05, 3.63) is 34.9 Å². The third kappa shape index (κ3) is 4.52. The average molecular weight is 241 g/mol. The zero-order valence-electron chi connectivity index (χ0n) is 10.3. The Hall–Kier alpha value is -0.570. The van der Waals surface area contributed by atoms with Gasteiger partial charge in [0.2, 0.25) is 0 Å². The normalized spacial score (nSPS) is 13.1. The van der Waals surface area contributed by atoms with Gasteiger partial charge in [0.15, 0.2) is 0 Å². The SMILES string of the molecule is CCNC(CCN(C)C)c1ccc(Cl)cc1. The molecule has 0 bridgehead atoms. The second kappa shape index (κ2) is 6.89. The molecule has 1 aromatic carbocycles. The lowest BCUT2D eigenvalue weighted by Gasteiger charge is -2.20. The minimum absolute atomic E-state index is 0.421. The summed E-state index contributed by atoms with van der Waals surface area (Å²) in [4.78, 5) is 2.21. The van der Waals surface area contributed by atoms with Crippen LogP contribution in [0.5, 0.6) is 0 Å². The molecule has 2 nitrogen and oxygen atoms in total. The largest absolute Gasteiger partial charge is 0.310 e. The fourth-order valence-electron chi connectivity index (χ4n) is 1.72. The van der Waals surface area contributed by atoms with E-state index in [1.165, 1.54) is 5.56 Å². The lowest BCUT2D eigenvalue weighted by atomic mass is 10.0. The second-order valence-electron chi connectivity index (χ2n) is 4.25. The van der Waals surface area contributed by atoms with Crippen LogP contribution in [0.4, 0.5) is 0 Å². The Bertz CT molecular complexity index is 295. The van der Waals surface area contributed by atoms with Crippen LogP contribution in [0.3, 0.4) is 0 Å². The molecule has 1 rings (SSSR count). The Labute approximate surface area is 104 Å². The van der Waals surface area contributed by atoms with Crippen molar-refractivity contribution in [3.63, 3.8) is 0 Å². The molecule has 0 saturated heterocycles. The van der Waals surface area contributed by atoms with Crippen LogP contribution in [0.2, 0.25) is 5.02 Å². The Morgan fingerprint density at radius 3 is 2.38 bits per heavy atom. The van der Waals surface area contributed by atoms with E-state index in [9.17, 15) is 0 Å². The fourth-order valence-corrected chi connectivity index (χ4v) is 1.84. The standard InChI is InChI=1S/C13H21ClN2/c1-4-15-13(9-10-16(2)3)11-5-7-12(14)8-6-11/h5-8,13,15H,4,9-10H2,1-3H3. The molecule has 0 fully saturated rings. The zero-order valence-corrected chi connectivity index (χ0v) is 11.1. The summed E-state index contributed by atoms with van der Waals surface area (Å²) < 4.78 is 0. The van der Waals surface area contributed by atoms with Crippen LogP contribution in [0.25, 0.3) is 0 Å². The molecule has 3 heteroatoms. The molecule has 0 radical (unpaired) electrons. The molecule has 1 N–H and O–H groups in total. The highest BCUT2D eigenvalue weighted by atomic mass is 35.5. The van der Waals surface area contributed by atoms with Crippen LogP contribution in [0.1, 0.15) is 24.9 Å². The van der Waals surface area contributed by atoms with E-state index in [2.05, 4.69) is 43.4 Å². The highest BCUT2D eigenvalue weighted by Gasteiger charge is 2.09. The van der Waals surface area contributed by atoms with Gasteiger partial charge in [0.25, 0.3) is 0 Å². The highest BCUT2D eigenvalue weighted by Crippen LogP contribution is 2.19. The van der Waals surface area contributed by atoms with Crippen molar-refractivity contribution in [2.45, 2.75) is 19.4 Å². The van der Waals surface area contributed by atoms with Gasteiger partial charge in [0.1, 0.15) is 0 Å². The van der Waals surface area contributed by atoms with Gasteiger partial charge in [-0.2, -0.15) is 0 Å². The molecule has 0 spiro atoms. The summed E-state index contributed by atoms with van der Waals surface area (Å²) >= 11 is 5.89. The first-order chi connectivity index (χ1) is 7.63. The van der Waals surface area contributed by atoms with Crippen molar-refractivity contribution in [2.24, 2.45) is 0 Å². The highest BCUT2D eigenvalue weighted by molar-refractivity contribution is 6.30. The van der Waals surface area contributed by atoms with Crippen molar-refractivity contribution in [1.29, 1.82) is 0 Å². The maximum Gasteiger partial charge on any atom is 0.0406 e.